The van der Waals surface area contributed by atoms with Crippen molar-refractivity contribution in [1.29, 1.82) is 0 Å². The highest BCUT2D eigenvalue weighted by molar-refractivity contribution is 6.04. The van der Waals surface area contributed by atoms with Crippen LogP contribution in [-0.2, 0) is 12.6 Å². The maximum absolute atomic E-state index is 12.9. The molecule has 0 saturated carbocycles. The summed E-state index contributed by atoms with van der Waals surface area (Å²) in [5, 5.41) is 4.18. The Kier molecular flexibility index (Phi) is 3.41. The first kappa shape index (κ1) is 13.7. The molecule has 0 fully saturated rings. The molecule has 1 aliphatic carbocycles. The third-order valence-electron chi connectivity index (χ3n) is 3.50. The number of hydrogen-bond donors (Lipinski definition) is 1. The number of fused-ring (bicyclic) bond motifs is 1. The van der Waals surface area contributed by atoms with Crippen LogP contribution in [0.1, 0.15) is 23.1 Å². The molecule has 108 valence electrons. The Morgan fingerprint density at radius 2 is 1.62 bits per heavy atom. The van der Waals surface area contributed by atoms with Gasteiger partial charge in [-0.3, -0.25) is 5.43 Å². The molecule has 0 radical (unpaired) electrons. The Morgan fingerprint density at radius 3 is 2.43 bits per heavy atom. The van der Waals surface area contributed by atoms with Crippen LogP contribution in [0.4, 0.5) is 18.9 Å². The van der Waals surface area contributed by atoms with Crippen LogP contribution in [0.5, 0.6) is 0 Å². The highest BCUT2D eigenvalue weighted by Gasteiger charge is 2.33. The van der Waals surface area contributed by atoms with Gasteiger partial charge in [-0.2, -0.15) is 18.3 Å². The maximum Gasteiger partial charge on any atom is 0.418 e. The molecule has 21 heavy (non-hydrogen) atoms. The normalized spacial score (nSPS) is 16.0. The van der Waals surface area contributed by atoms with E-state index in [1.165, 1.54) is 17.7 Å². The third-order valence-corrected chi connectivity index (χ3v) is 3.50. The van der Waals surface area contributed by atoms with E-state index in [0.717, 1.165) is 30.2 Å². The second-order valence-corrected chi connectivity index (χ2v) is 4.87. The maximum atomic E-state index is 12.9. The Balaban J connectivity index is 1.88. The van der Waals surface area contributed by atoms with Crippen LogP contribution >= 0.6 is 0 Å². The predicted octanol–water partition coefficient (Wildman–Crippen LogP) is 4.47. The fourth-order valence-electron chi connectivity index (χ4n) is 2.48. The van der Waals surface area contributed by atoms with Crippen LogP contribution in [0, 0.1) is 0 Å². The van der Waals surface area contributed by atoms with Crippen molar-refractivity contribution in [3.63, 3.8) is 0 Å². The molecule has 0 spiro atoms. The third kappa shape index (κ3) is 2.77. The highest BCUT2D eigenvalue weighted by atomic mass is 19.4. The Labute approximate surface area is 120 Å². The van der Waals surface area contributed by atoms with E-state index in [4.69, 9.17) is 0 Å². The molecule has 0 heterocycles. The number of halogens is 3. The summed E-state index contributed by atoms with van der Waals surface area (Å²) >= 11 is 0. The van der Waals surface area contributed by atoms with Crippen molar-refractivity contribution in [3.05, 3.63) is 65.2 Å². The van der Waals surface area contributed by atoms with Gasteiger partial charge in [0, 0.05) is 5.56 Å². The number of nitrogens with one attached hydrogen (secondary N) is 1. The number of hydrazone groups is 1. The molecule has 1 N–H and O–H groups in total. The lowest BCUT2D eigenvalue weighted by Gasteiger charge is -2.12. The molecule has 2 nitrogen and oxygen atoms in total. The topological polar surface area (TPSA) is 24.4 Å². The first-order valence-corrected chi connectivity index (χ1v) is 6.63. The summed E-state index contributed by atoms with van der Waals surface area (Å²) in [6, 6.07) is 13.2. The number of para-hydroxylation sites is 1. The summed E-state index contributed by atoms with van der Waals surface area (Å²) < 4.78 is 38.7. The van der Waals surface area contributed by atoms with Gasteiger partial charge >= 0.3 is 6.18 Å². The Bertz CT molecular complexity index is 690. The Morgan fingerprint density at radius 1 is 0.905 bits per heavy atom. The lowest BCUT2D eigenvalue weighted by atomic mass is 10.1. The molecule has 5 heteroatoms. The summed E-state index contributed by atoms with van der Waals surface area (Å²) in [7, 11) is 0. The summed E-state index contributed by atoms with van der Waals surface area (Å²) in [5.74, 6) is 0. The van der Waals surface area contributed by atoms with Crippen LogP contribution in [0.25, 0.3) is 0 Å². The number of nitrogens with zero attached hydrogens (tertiary/aromatic N) is 1. The number of aryl methyl sites for hydroxylation is 1. The van der Waals surface area contributed by atoms with Crippen LogP contribution in [0.2, 0.25) is 0 Å². The molecule has 2 aromatic carbocycles. The van der Waals surface area contributed by atoms with E-state index < -0.39 is 11.7 Å². The van der Waals surface area contributed by atoms with Gasteiger partial charge in [0.1, 0.15) is 0 Å². The number of alkyl halides is 3. The van der Waals surface area contributed by atoms with Gasteiger partial charge in [-0.25, -0.2) is 0 Å². The van der Waals surface area contributed by atoms with Crippen LogP contribution in [-0.4, -0.2) is 5.71 Å². The van der Waals surface area contributed by atoms with Gasteiger partial charge in [0.2, 0.25) is 0 Å². The van der Waals surface area contributed by atoms with E-state index in [-0.39, 0.29) is 5.69 Å². The van der Waals surface area contributed by atoms with Crippen LogP contribution in [0.15, 0.2) is 53.6 Å². The second kappa shape index (κ2) is 5.24. The first-order valence-electron chi connectivity index (χ1n) is 6.63. The lowest BCUT2D eigenvalue weighted by Crippen LogP contribution is -2.09. The predicted molar refractivity (Wildman–Crippen MR) is 76.4 cm³/mol. The largest absolute Gasteiger partial charge is 0.418 e. The van der Waals surface area contributed by atoms with Crippen LogP contribution < -0.4 is 5.43 Å². The fraction of sp³-hybridized carbons (Fsp3) is 0.188. The van der Waals surface area contributed by atoms with Gasteiger partial charge in [-0.05, 0) is 30.5 Å². The van der Waals surface area contributed by atoms with Gasteiger partial charge in [0.05, 0.1) is 17.0 Å². The zero-order valence-electron chi connectivity index (χ0n) is 11.1. The molecule has 0 unspecified atom stereocenters. The minimum atomic E-state index is -4.39. The summed E-state index contributed by atoms with van der Waals surface area (Å²) in [6.07, 6.45) is -2.78. The van der Waals surface area contributed by atoms with Gasteiger partial charge in [-0.1, -0.05) is 36.4 Å². The Hall–Kier alpha value is -2.30. The minimum absolute atomic E-state index is 0.0260. The quantitative estimate of drug-likeness (QED) is 0.811. The lowest BCUT2D eigenvalue weighted by molar-refractivity contribution is -0.136. The van der Waals surface area contributed by atoms with Crippen molar-refractivity contribution in [2.75, 3.05) is 5.43 Å². The van der Waals surface area contributed by atoms with Crippen molar-refractivity contribution >= 4 is 11.4 Å². The van der Waals surface area contributed by atoms with Crippen molar-refractivity contribution in [2.45, 2.75) is 19.0 Å². The fourth-order valence-corrected chi connectivity index (χ4v) is 2.48. The molecule has 0 aromatic heterocycles. The second-order valence-electron chi connectivity index (χ2n) is 4.87. The summed E-state index contributed by atoms with van der Waals surface area (Å²) in [6.45, 7) is 0. The van der Waals surface area contributed by atoms with E-state index in [1.54, 1.807) is 6.07 Å². The SMILES string of the molecule is FC(F)(F)c1ccccc1N/N=C1\CCc2ccccc21. The molecule has 0 amide bonds. The number of anilines is 1. The molecule has 1 aliphatic rings. The zero-order valence-corrected chi connectivity index (χ0v) is 11.1. The van der Waals surface area contributed by atoms with Crippen molar-refractivity contribution < 1.29 is 13.2 Å². The standard InChI is InChI=1S/C16H13F3N2/c17-16(18,19)13-7-3-4-8-15(13)21-20-14-10-9-11-5-1-2-6-12(11)14/h1-8,21H,9-10H2/b20-14+. The number of benzene rings is 2. The monoisotopic (exact) mass is 290 g/mol. The number of hydrogen-bond acceptors (Lipinski definition) is 2. The summed E-state index contributed by atoms with van der Waals surface area (Å²) in [5.41, 5.74) is 4.82. The van der Waals surface area contributed by atoms with E-state index in [0.29, 0.717) is 0 Å². The molecule has 0 aliphatic heterocycles. The molecule has 0 atom stereocenters. The van der Waals surface area contributed by atoms with Gasteiger partial charge in [0.25, 0.3) is 0 Å². The van der Waals surface area contributed by atoms with Crippen molar-refractivity contribution in [2.24, 2.45) is 5.10 Å². The van der Waals surface area contributed by atoms with E-state index >= 15 is 0 Å². The smallest absolute Gasteiger partial charge is 0.278 e. The molecular formula is C16H13F3N2. The van der Waals surface area contributed by atoms with Crippen molar-refractivity contribution in [1.82, 2.24) is 0 Å². The molecule has 2 aromatic rings. The van der Waals surface area contributed by atoms with Crippen molar-refractivity contribution in [3.8, 4) is 0 Å². The minimum Gasteiger partial charge on any atom is -0.278 e. The first-order chi connectivity index (χ1) is 10.1. The van der Waals surface area contributed by atoms with E-state index in [9.17, 15) is 13.2 Å². The van der Waals surface area contributed by atoms with E-state index in [1.807, 2.05) is 24.3 Å². The average Bonchev–Trinajstić information content (AvgIpc) is 2.88. The van der Waals surface area contributed by atoms with Crippen LogP contribution in [0.3, 0.4) is 0 Å². The van der Waals surface area contributed by atoms with Gasteiger partial charge in [0.15, 0.2) is 0 Å². The zero-order chi connectivity index (χ0) is 14.9. The average molecular weight is 290 g/mol. The molecular weight excluding hydrogens is 277 g/mol. The number of rotatable bonds is 2. The summed E-state index contributed by atoms with van der Waals surface area (Å²) in [4.78, 5) is 0. The molecule has 3 rings (SSSR count). The molecule has 0 saturated heterocycles. The van der Waals surface area contributed by atoms with E-state index in [2.05, 4.69) is 10.5 Å². The van der Waals surface area contributed by atoms with Gasteiger partial charge < -0.3 is 0 Å². The highest BCUT2D eigenvalue weighted by Crippen LogP contribution is 2.34. The molecule has 0 bridgehead atoms. The van der Waals surface area contributed by atoms with Gasteiger partial charge in [-0.15, -0.1) is 0 Å².